The Morgan fingerprint density at radius 2 is 1.50 bits per heavy atom. The zero-order valence-electron chi connectivity index (χ0n) is 15.1. The molecule has 0 unspecified atom stereocenters. The van der Waals surface area contributed by atoms with Gasteiger partial charge in [0.1, 0.15) is 11.5 Å². The van der Waals surface area contributed by atoms with Gasteiger partial charge in [0.2, 0.25) is 0 Å². The lowest BCUT2D eigenvalue weighted by atomic mass is 10.2. The number of carbonyl (C=O) groups is 3. The topological polar surface area (TPSA) is 103 Å². The summed E-state index contributed by atoms with van der Waals surface area (Å²) in [5.41, 5.74) is 5.12. The smallest absolute Gasteiger partial charge is 0.344 e. The number of benzene rings is 2. The monoisotopic (exact) mass is 406 g/mol. The van der Waals surface area contributed by atoms with Crippen LogP contribution in [0.15, 0.2) is 48.5 Å². The molecule has 9 heteroatoms. The van der Waals surface area contributed by atoms with Gasteiger partial charge in [-0.2, -0.15) is 0 Å². The van der Waals surface area contributed by atoms with Gasteiger partial charge in [-0.05, 0) is 42.8 Å². The molecule has 28 heavy (non-hydrogen) atoms. The number of esters is 1. The summed E-state index contributed by atoms with van der Waals surface area (Å²) in [6.45, 7) is 0.632. The molecule has 0 bridgehead atoms. The number of hydrogen-bond donors (Lipinski definition) is 2. The molecule has 0 atom stereocenters. The third-order valence-electron chi connectivity index (χ3n) is 3.33. The normalized spacial score (nSPS) is 9.93. The molecule has 0 heterocycles. The molecule has 8 nitrogen and oxygen atoms in total. The van der Waals surface area contributed by atoms with Crippen molar-refractivity contribution in [2.45, 2.75) is 6.92 Å². The van der Waals surface area contributed by atoms with Crippen molar-refractivity contribution >= 4 is 29.4 Å². The molecule has 0 saturated carbocycles. The standard InChI is InChI=1S/C19H19ClN2O6/c1-13-4-2-3-5-16(13)27-12-19(25)28-11-18(24)22-21-17(23)10-26-15-8-6-14(20)7-9-15/h2-9H,10-12H2,1H3,(H,21,23)(H,22,24). The van der Waals surface area contributed by atoms with Gasteiger partial charge in [0, 0.05) is 5.02 Å². The molecule has 2 amide bonds. The fourth-order valence-corrected chi connectivity index (χ4v) is 2.06. The fourth-order valence-electron chi connectivity index (χ4n) is 1.93. The molecule has 0 aliphatic rings. The van der Waals surface area contributed by atoms with Crippen molar-refractivity contribution in [3.63, 3.8) is 0 Å². The van der Waals surface area contributed by atoms with Crippen molar-refractivity contribution in [2.24, 2.45) is 0 Å². The lowest BCUT2D eigenvalue weighted by molar-refractivity contribution is -0.150. The van der Waals surface area contributed by atoms with Crippen LogP contribution in [0.2, 0.25) is 5.02 Å². The van der Waals surface area contributed by atoms with Crippen molar-refractivity contribution in [1.82, 2.24) is 10.9 Å². The molecule has 0 saturated heterocycles. The van der Waals surface area contributed by atoms with Crippen LogP contribution in [0.3, 0.4) is 0 Å². The number of para-hydroxylation sites is 1. The van der Waals surface area contributed by atoms with Gasteiger partial charge in [-0.1, -0.05) is 29.8 Å². The molecule has 2 rings (SSSR count). The predicted molar refractivity (Wildman–Crippen MR) is 101 cm³/mol. The number of rotatable bonds is 8. The van der Waals surface area contributed by atoms with Crippen molar-refractivity contribution in [3.8, 4) is 11.5 Å². The van der Waals surface area contributed by atoms with Crippen LogP contribution < -0.4 is 20.3 Å². The molecule has 0 aliphatic carbocycles. The second-order valence-electron chi connectivity index (χ2n) is 5.55. The van der Waals surface area contributed by atoms with E-state index < -0.39 is 24.4 Å². The zero-order chi connectivity index (χ0) is 20.4. The van der Waals surface area contributed by atoms with Crippen molar-refractivity contribution in [2.75, 3.05) is 19.8 Å². The lowest BCUT2D eigenvalue weighted by Gasteiger charge is -2.10. The first-order valence-corrected chi connectivity index (χ1v) is 8.62. The molecule has 2 N–H and O–H groups in total. The molecular weight excluding hydrogens is 388 g/mol. The minimum Gasteiger partial charge on any atom is -0.484 e. The molecule has 2 aromatic carbocycles. The highest BCUT2D eigenvalue weighted by atomic mass is 35.5. The Balaban J connectivity index is 1.59. The molecule has 2 aromatic rings. The Morgan fingerprint density at radius 3 is 2.18 bits per heavy atom. The quantitative estimate of drug-likeness (QED) is 0.512. The van der Waals surface area contributed by atoms with Crippen molar-refractivity contribution in [1.29, 1.82) is 0 Å². The average Bonchev–Trinajstić information content (AvgIpc) is 2.69. The molecule has 0 aromatic heterocycles. The number of ether oxygens (including phenoxy) is 3. The first kappa shape index (κ1) is 21.0. The molecule has 0 fully saturated rings. The van der Waals surface area contributed by atoms with Gasteiger partial charge in [0.15, 0.2) is 19.8 Å². The lowest BCUT2D eigenvalue weighted by Crippen LogP contribution is -2.45. The largest absolute Gasteiger partial charge is 0.484 e. The average molecular weight is 407 g/mol. The number of hydrogen-bond acceptors (Lipinski definition) is 6. The number of carbonyl (C=O) groups excluding carboxylic acids is 3. The summed E-state index contributed by atoms with van der Waals surface area (Å²) in [6.07, 6.45) is 0. The summed E-state index contributed by atoms with van der Waals surface area (Å²) >= 11 is 5.74. The van der Waals surface area contributed by atoms with Gasteiger partial charge in [-0.25, -0.2) is 4.79 Å². The summed E-state index contributed by atoms with van der Waals surface area (Å²) in [5, 5.41) is 0.544. The van der Waals surface area contributed by atoms with Crippen LogP contribution >= 0.6 is 11.6 Å². The van der Waals surface area contributed by atoms with E-state index in [0.717, 1.165) is 5.56 Å². The maximum atomic E-state index is 11.6. The van der Waals surface area contributed by atoms with E-state index in [1.165, 1.54) is 0 Å². The molecule has 0 spiro atoms. The highest BCUT2D eigenvalue weighted by molar-refractivity contribution is 6.30. The number of aryl methyl sites for hydroxylation is 1. The highest BCUT2D eigenvalue weighted by Crippen LogP contribution is 2.16. The van der Waals surface area contributed by atoms with Gasteiger partial charge in [-0.3, -0.25) is 20.4 Å². The Bertz CT molecular complexity index is 825. The van der Waals surface area contributed by atoms with E-state index in [2.05, 4.69) is 10.9 Å². The first-order chi connectivity index (χ1) is 13.4. The summed E-state index contributed by atoms with van der Waals surface area (Å²) in [4.78, 5) is 34.8. The van der Waals surface area contributed by atoms with Gasteiger partial charge < -0.3 is 14.2 Å². The second-order valence-corrected chi connectivity index (χ2v) is 5.99. The first-order valence-electron chi connectivity index (χ1n) is 8.24. The summed E-state index contributed by atoms with van der Waals surface area (Å²) in [6, 6.07) is 13.6. The fraction of sp³-hybridized carbons (Fsp3) is 0.211. The van der Waals surface area contributed by atoms with Crippen LogP contribution in [0.25, 0.3) is 0 Å². The van der Waals surface area contributed by atoms with Gasteiger partial charge in [0.25, 0.3) is 11.8 Å². The van der Waals surface area contributed by atoms with Crippen LogP contribution in [0.5, 0.6) is 11.5 Å². The van der Waals surface area contributed by atoms with Crippen molar-refractivity contribution < 1.29 is 28.6 Å². The van der Waals surface area contributed by atoms with Crippen molar-refractivity contribution in [3.05, 3.63) is 59.1 Å². The summed E-state index contributed by atoms with van der Waals surface area (Å²) < 4.78 is 15.3. The van der Waals surface area contributed by atoms with Gasteiger partial charge in [-0.15, -0.1) is 0 Å². The third-order valence-corrected chi connectivity index (χ3v) is 3.58. The predicted octanol–water partition coefficient (Wildman–Crippen LogP) is 1.80. The minimum absolute atomic E-state index is 0.314. The van der Waals surface area contributed by atoms with Gasteiger partial charge in [0.05, 0.1) is 0 Å². The summed E-state index contributed by atoms with van der Waals surface area (Å²) in [7, 11) is 0. The van der Waals surface area contributed by atoms with E-state index in [1.54, 1.807) is 36.4 Å². The van der Waals surface area contributed by atoms with E-state index in [-0.39, 0.29) is 13.2 Å². The van der Waals surface area contributed by atoms with Crippen LogP contribution in [-0.4, -0.2) is 37.6 Å². The zero-order valence-corrected chi connectivity index (χ0v) is 15.8. The van der Waals surface area contributed by atoms with Gasteiger partial charge >= 0.3 is 5.97 Å². The van der Waals surface area contributed by atoms with Crippen LogP contribution in [0.4, 0.5) is 0 Å². The van der Waals surface area contributed by atoms with E-state index >= 15 is 0 Å². The van der Waals surface area contributed by atoms with E-state index in [0.29, 0.717) is 16.5 Å². The highest BCUT2D eigenvalue weighted by Gasteiger charge is 2.10. The Kier molecular flexibility index (Phi) is 8.11. The number of halogens is 1. The second kappa shape index (κ2) is 10.8. The Labute approximate surface area is 166 Å². The minimum atomic E-state index is -0.712. The van der Waals surface area contributed by atoms with E-state index in [9.17, 15) is 14.4 Å². The molecular formula is C19H19ClN2O6. The maximum Gasteiger partial charge on any atom is 0.344 e. The number of nitrogens with one attached hydrogen (secondary N) is 2. The molecule has 0 aliphatic heterocycles. The number of amides is 2. The van der Waals surface area contributed by atoms with Crippen LogP contribution in [0, 0.1) is 6.92 Å². The molecule has 0 radical (unpaired) electrons. The Hall–Kier alpha value is -3.26. The SMILES string of the molecule is Cc1ccccc1OCC(=O)OCC(=O)NNC(=O)COc1ccc(Cl)cc1. The number of hydrazine groups is 1. The summed E-state index contributed by atoms with van der Waals surface area (Å²) in [5.74, 6) is -0.997. The van der Waals surface area contributed by atoms with E-state index in [1.807, 2.05) is 19.1 Å². The maximum absolute atomic E-state index is 11.6. The molecule has 148 valence electrons. The van der Waals surface area contributed by atoms with Crippen LogP contribution in [-0.2, 0) is 19.1 Å². The third kappa shape index (κ3) is 7.55. The van der Waals surface area contributed by atoms with Crippen LogP contribution in [0.1, 0.15) is 5.56 Å². The van der Waals surface area contributed by atoms with E-state index in [4.69, 9.17) is 25.8 Å². The Morgan fingerprint density at radius 1 is 0.857 bits per heavy atom.